The molecule has 0 unspecified atom stereocenters. The highest BCUT2D eigenvalue weighted by Gasteiger charge is 2.11. The van der Waals surface area contributed by atoms with Crippen LogP contribution in [0, 0.1) is 6.92 Å². The fourth-order valence-corrected chi connectivity index (χ4v) is 2.22. The van der Waals surface area contributed by atoms with Gasteiger partial charge < -0.3 is 10.5 Å². The maximum Gasteiger partial charge on any atom is 0.168 e. The Morgan fingerprint density at radius 3 is 2.85 bits per heavy atom. The van der Waals surface area contributed by atoms with E-state index in [1.165, 1.54) is 0 Å². The van der Waals surface area contributed by atoms with Crippen molar-refractivity contribution in [2.24, 2.45) is 0 Å². The number of hydrogen-bond donors (Lipinski definition) is 1. The molecule has 0 atom stereocenters. The Balaban J connectivity index is 2.12. The summed E-state index contributed by atoms with van der Waals surface area (Å²) in [6.45, 7) is 4.54. The van der Waals surface area contributed by atoms with E-state index in [9.17, 15) is 0 Å². The van der Waals surface area contributed by atoms with Gasteiger partial charge in [-0.15, -0.1) is 10.2 Å². The zero-order valence-corrected chi connectivity index (χ0v) is 11.5. The van der Waals surface area contributed by atoms with Gasteiger partial charge in [0, 0.05) is 11.8 Å². The van der Waals surface area contributed by atoms with Gasteiger partial charge in [0.1, 0.15) is 5.75 Å². The van der Waals surface area contributed by atoms with Crippen molar-refractivity contribution in [3.05, 3.63) is 42.1 Å². The van der Waals surface area contributed by atoms with E-state index in [-0.39, 0.29) is 0 Å². The molecule has 0 aliphatic heterocycles. The molecule has 3 aromatic rings. The third kappa shape index (κ3) is 1.97. The first kappa shape index (κ1) is 12.5. The SMILES string of the molecule is CCOc1ccc(-c2nnc3c(C)cccn23)cc1N. The molecule has 2 aromatic heterocycles. The van der Waals surface area contributed by atoms with Crippen LogP contribution >= 0.6 is 0 Å². The summed E-state index contributed by atoms with van der Waals surface area (Å²) in [6.07, 6.45) is 1.95. The number of anilines is 1. The van der Waals surface area contributed by atoms with E-state index in [1.54, 1.807) is 0 Å². The molecule has 0 saturated heterocycles. The summed E-state index contributed by atoms with van der Waals surface area (Å²) in [5.74, 6) is 1.47. The van der Waals surface area contributed by atoms with Gasteiger partial charge in [-0.1, -0.05) is 6.07 Å². The number of fused-ring (bicyclic) bond motifs is 1. The normalized spacial score (nSPS) is 10.9. The Bertz CT molecular complexity index is 764. The van der Waals surface area contributed by atoms with E-state index >= 15 is 0 Å². The van der Waals surface area contributed by atoms with Crippen molar-refractivity contribution < 1.29 is 4.74 Å². The van der Waals surface area contributed by atoms with Gasteiger partial charge in [0.05, 0.1) is 12.3 Å². The average Bonchev–Trinajstić information content (AvgIpc) is 2.87. The number of aromatic nitrogens is 3. The van der Waals surface area contributed by atoms with E-state index < -0.39 is 0 Å². The highest BCUT2D eigenvalue weighted by atomic mass is 16.5. The standard InChI is InChI=1S/C15H16N4O/c1-3-20-13-7-6-11(9-12(13)16)15-18-17-14-10(2)5-4-8-19(14)15/h4-9H,3,16H2,1-2H3. The average molecular weight is 268 g/mol. The summed E-state index contributed by atoms with van der Waals surface area (Å²) in [5, 5.41) is 8.48. The molecule has 2 heterocycles. The Morgan fingerprint density at radius 1 is 1.25 bits per heavy atom. The number of aryl methyl sites for hydroxylation is 1. The third-order valence-electron chi connectivity index (χ3n) is 3.20. The number of pyridine rings is 1. The Morgan fingerprint density at radius 2 is 2.10 bits per heavy atom. The van der Waals surface area contributed by atoms with Crippen LogP contribution in [0.3, 0.4) is 0 Å². The second-order valence-electron chi connectivity index (χ2n) is 4.59. The van der Waals surface area contributed by atoms with E-state index in [1.807, 2.05) is 54.8 Å². The van der Waals surface area contributed by atoms with Crippen molar-refractivity contribution in [1.82, 2.24) is 14.6 Å². The Kier molecular flexibility index (Phi) is 3.02. The number of nitrogens with zero attached hydrogens (tertiary/aromatic N) is 3. The minimum atomic E-state index is 0.594. The minimum absolute atomic E-state index is 0.594. The van der Waals surface area contributed by atoms with Gasteiger partial charge in [0.25, 0.3) is 0 Å². The molecule has 0 spiro atoms. The van der Waals surface area contributed by atoms with Crippen LogP contribution in [-0.4, -0.2) is 21.2 Å². The van der Waals surface area contributed by atoms with Gasteiger partial charge in [-0.2, -0.15) is 0 Å². The van der Waals surface area contributed by atoms with E-state index in [0.717, 1.165) is 22.6 Å². The van der Waals surface area contributed by atoms with E-state index in [0.29, 0.717) is 18.0 Å². The lowest BCUT2D eigenvalue weighted by molar-refractivity contribution is 0.342. The quantitative estimate of drug-likeness (QED) is 0.742. The number of nitrogens with two attached hydrogens (primary N) is 1. The molecule has 3 rings (SSSR count). The largest absolute Gasteiger partial charge is 0.492 e. The summed E-state index contributed by atoms with van der Waals surface area (Å²) in [5.41, 5.74) is 9.48. The van der Waals surface area contributed by atoms with E-state index in [4.69, 9.17) is 10.5 Å². The molecule has 102 valence electrons. The lowest BCUT2D eigenvalue weighted by atomic mass is 10.1. The molecule has 0 saturated carbocycles. The van der Waals surface area contributed by atoms with Crippen molar-refractivity contribution in [3.63, 3.8) is 0 Å². The maximum absolute atomic E-state index is 6.01. The minimum Gasteiger partial charge on any atom is -0.492 e. The molecule has 0 aliphatic rings. The molecule has 0 amide bonds. The van der Waals surface area contributed by atoms with Crippen LogP contribution < -0.4 is 10.5 Å². The van der Waals surface area contributed by atoms with Gasteiger partial charge in [0.15, 0.2) is 11.5 Å². The first-order valence-electron chi connectivity index (χ1n) is 6.53. The van der Waals surface area contributed by atoms with Gasteiger partial charge in [-0.3, -0.25) is 4.40 Å². The molecule has 2 N–H and O–H groups in total. The molecule has 20 heavy (non-hydrogen) atoms. The molecule has 1 aromatic carbocycles. The van der Waals surface area contributed by atoms with Crippen LogP contribution in [-0.2, 0) is 0 Å². The first-order valence-corrected chi connectivity index (χ1v) is 6.53. The highest BCUT2D eigenvalue weighted by molar-refractivity contribution is 5.68. The van der Waals surface area contributed by atoms with Crippen LogP contribution in [0.25, 0.3) is 17.0 Å². The lowest BCUT2D eigenvalue weighted by Crippen LogP contribution is -1.98. The summed E-state index contributed by atoms with van der Waals surface area (Å²) < 4.78 is 7.41. The maximum atomic E-state index is 6.01. The van der Waals surface area contributed by atoms with Crippen LogP contribution in [0.5, 0.6) is 5.75 Å². The van der Waals surface area contributed by atoms with Gasteiger partial charge in [0.2, 0.25) is 0 Å². The molecule has 5 nitrogen and oxygen atoms in total. The molecular weight excluding hydrogens is 252 g/mol. The number of hydrogen-bond acceptors (Lipinski definition) is 4. The summed E-state index contributed by atoms with van der Waals surface area (Å²) in [4.78, 5) is 0. The number of nitrogen functional groups attached to an aromatic ring is 1. The smallest absolute Gasteiger partial charge is 0.168 e. The van der Waals surface area contributed by atoms with Crippen molar-refractivity contribution in [3.8, 4) is 17.1 Å². The van der Waals surface area contributed by atoms with Gasteiger partial charge in [-0.05, 0) is 43.7 Å². The number of benzene rings is 1. The molecule has 0 fully saturated rings. The van der Waals surface area contributed by atoms with Crippen LogP contribution in [0.4, 0.5) is 5.69 Å². The van der Waals surface area contributed by atoms with Gasteiger partial charge in [-0.25, -0.2) is 0 Å². The summed E-state index contributed by atoms with van der Waals surface area (Å²) in [7, 11) is 0. The fourth-order valence-electron chi connectivity index (χ4n) is 2.22. The zero-order valence-electron chi connectivity index (χ0n) is 11.5. The Hall–Kier alpha value is -2.56. The van der Waals surface area contributed by atoms with Crippen LogP contribution in [0.1, 0.15) is 12.5 Å². The number of rotatable bonds is 3. The molecule has 0 bridgehead atoms. The third-order valence-corrected chi connectivity index (χ3v) is 3.20. The van der Waals surface area contributed by atoms with Crippen molar-refractivity contribution in [2.75, 3.05) is 12.3 Å². The second kappa shape index (κ2) is 4.85. The molecule has 0 aliphatic carbocycles. The van der Waals surface area contributed by atoms with Crippen LogP contribution in [0.2, 0.25) is 0 Å². The zero-order chi connectivity index (χ0) is 14.1. The second-order valence-corrected chi connectivity index (χ2v) is 4.59. The lowest BCUT2D eigenvalue weighted by Gasteiger charge is -2.08. The van der Waals surface area contributed by atoms with Crippen LogP contribution in [0.15, 0.2) is 36.5 Å². The predicted molar refractivity (Wildman–Crippen MR) is 78.7 cm³/mol. The first-order chi connectivity index (χ1) is 9.70. The highest BCUT2D eigenvalue weighted by Crippen LogP contribution is 2.28. The van der Waals surface area contributed by atoms with Gasteiger partial charge >= 0.3 is 0 Å². The monoisotopic (exact) mass is 268 g/mol. The fraction of sp³-hybridized carbons (Fsp3) is 0.200. The molecule has 0 radical (unpaired) electrons. The Labute approximate surface area is 117 Å². The summed E-state index contributed by atoms with van der Waals surface area (Å²) in [6, 6.07) is 9.67. The topological polar surface area (TPSA) is 65.4 Å². The summed E-state index contributed by atoms with van der Waals surface area (Å²) >= 11 is 0. The number of ether oxygens (including phenoxy) is 1. The van der Waals surface area contributed by atoms with Crippen molar-refractivity contribution >= 4 is 11.3 Å². The predicted octanol–water partition coefficient (Wildman–Crippen LogP) is 2.69. The van der Waals surface area contributed by atoms with Crippen molar-refractivity contribution in [2.45, 2.75) is 13.8 Å². The van der Waals surface area contributed by atoms with Crippen molar-refractivity contribution in [1.29, 1.82) is 0 Å². The molecule has 5 heteroatoms. The van der Waals surface area contributed by atoms with E-state index in [2.05, 4.69) is 10.2 Å². The molecular formula is C15H16N4O.